The number of benzene rings is 1. The predicted octanol–water partition coefficient (Wildman–Crippen LogP) is 0.656. The second kappa shape index (κ2) is 11.0. The first kappa shape index (κ1) is 28.3. The maximum Gasteiger partial charge on any atom is 0.284 e. The van der Waals surface area contributed by atoms with Crippen LogP contribution >= 0.6 is 0 Å². The number of rotatable bonds is 8. The molecule has 0 bridgehead atoms. The summed E-state index contributed by atoms with van der Waals surface area (Å²) in [4.78, 5) is 38.5. The highest BCUT2D eigenvalue weighted by Crippen LogP contribution is 2.21. The van der Waals surface area contributed by atoms with Crippen molar-refractivity contribution in [3.8, 4) is 0 Å². The molecule has 0 aliphatic carbocycles. The van der Waals surface area contributed by atoms with E-state index < -0.39 is 37.6 Å². The van der Waals surface area contributed by atoms with Crippen LogP contribution in [0.1, 0.15) is 25.8 Å². The number of nitrogens with zero attached hydrogens (tertiary/aromatic N) is 7. The van der Waals surface area contributed by atoms with E-state index in [2.05, 4.69) is 30.7 Å². The van der Waals surface area contributed by atoms with E-state index in [0.717, 1.165) is 16.7 Å². The predicted molar refractivity (Wildman–Crippen MR) is 149 cm³/mol. The average Bonchev–Trinajstić information content (AvgIpc) is 3.49. The molecule has 1 amide bonds. The number of hydrogen-bond acceptors (Lipinski definition) is 11. The maximum absolute atomic E-state index is 13.2. The highest BCUT2D eigenvalue weighted by atomic mass is 32.2. The quantitative estimate of drug-likeness (QED) is 0.288. The summed E-state index contributed by atoms with van der Waals surface area (Å²) in [7, 11) is -7.17. The standard InChI is InChI=1S/C24H27N9O6S2/c1-16(23(35)28-18-4-6-20(7-5-18)41(38,39)32-15-25-14-27-32)33-21(34)8-3-17-13-26-24(30-22(17)33)29-19-9-11-31(12-10-19)40(2,36)37/h3-8,13-16,19H,9-12H2,1-2H3,(H,28,35)(H,26,29,30). The van der Waals surface area contributed by atoms with Crippen LogP contribution < -0.4 is 16.2 Å². The Morgan fingerprint density at radius 2 is 1.76 bits per heavy atom. The number of carbonyl (C=O) groups excluding carboxylic acids is 1. The van der Waals surface area contributed by atoms with Gasteiger partial charge in [0.1, 0.15) is 24.3 Å². The van der Waals surface area contributed by atoms with E-state index in [9.17, 15) is 26.4 Å². The van der Waals surface area contributed by atoms with Crippen LogP contribution in [-0.2, 0) is 24.8 Å². The van der Waals surface area contributed by atoms with E-state index in [1.807, 2.05) is 0 Å². The topological polar surface area (TPSA) is 191 Å². The van der Waals surface area contributed by atoms with Crippen molar-refractivity contribution in [3.05, 3.63) is 65.6 Å². The van der Waals surface area contributed by atoms with Crippen molar-refractivity contribution in [3.63, 3.8) is 0 Å². The summed E-state index contributed by atoms with van der Waals surface area (Å²) in [5.74, 6) is -0.265. The lowest BCUT2D eigenvalue weighted by atomic mass is 10.1. The normalized spacial score (nSPS) is 16.0. The van der Waals surface area contributed by atoms with E-state index in [-0.39, 0.29) is 22.5 Å². The zero-order valence-electron chi connectivity index (χ0n) is 22.1. The number of piperidine rings is 1. The Kier molecular flexibility index (Phi) is 7.58. The molecule has 1 saturated heterocycles. The van der Waals surface area contributed by atoms with Crippen LogP contribution in [0.25, 0.3) is 11.0 Å². The number of anilines is 2. The van der Waals surface area contributed by atoms with Crippen LogP contribution in [0.4, 0.5) is 11.6 Å². The monoisotopic (exact) mass is 601 g/mol. The number of fused-ring (bicyclic) bond motifs is 1. The third-order valence-corrected chi connectivity index (χ3v) is 9.61. The third-order valence-electron chi connectivity index (χ3n) is 6.75. The van der Waals surface area contributed by atoms with Gasteiger partial charge in [0.15, 0.2) is 0 Å². The summed E-state index contributed by atoms with van der Waals surface area (Å²) in [5.41, 5.74) is 0.131. The van der Waals surface area contributed by atoms with E-state index in [1.54, 1.807) is 19.2 Å². The number of sulfonamides is 1. The Labute approximate surface area is 235 Å². The van der Waals surface area contributed by atoms with E-state index >= 15 is 0 Å². The molecule has 216 valence electrons. The molecule has 0 spiro atoms. The molecule has 1 atom stereocenters. The van der Waals surface area contributed by atoms with Gasteiger partial charge in [0.25, 0.3) is 15.6 Å². The summed E-state index contributed by atoms with van der Waals surface area (Å²) in [6.45, 7) is 2.30. The number of carbonyl (C=O) groups is 1. The fourth-order valence-electron chi connectivity index (χ4n) is 4.50. The van der Waals surface area contributed by atoms with Crippen LogP contribution in [-0.4, -0.2) is 81.1 Å². The smallest absolute Gasteiger partial charge is 0.284 e. The van der Waals surface area contributed by atoms with Crippen LogP contribution in [0.3, 0.4) is 0 Å². The van der Waals surface area contributed by atoms with E-state index in [4.69, 9.17) is 0 Å². The molecule has 1 fully saturated rings. The summed E-state index contributed by atoms with van der Waals surface area (Å²) in [5, 5.41) is 10.1. The Hall–Kier alpha value is -4.22. The van der Waals surface area contributed by atoms with Gasteiger partial charge in [-0.15, -0.1) is 9.19 Å². The van der Waals surface area contributed by atoms with Crippen LogP contribution in [0.5, 0.6) is 0 Å². The van der Waals surface area contributed by atoms with Crippen molar-refractivity contribution in [1.82, 2.24) is 33.0 Å². The van der Waals surface area contributed by atoms with E-state index in [0.29, 0.717) is 37.0 Å². The summed E-state index contributed by atoms with van der Waals surface area (Å²) in [6, 6.07) is 7.37. The second-order valence-electron chi connectivity index (χ2n) is 9.56. The Balaban J connectivity index is 1.33. The molecular weight excluding hydrogens is 574 g/mol. The molecular formula is C24H27N9O6S2. The maximum atomic E-state index is 13.2. The fourth-order valence-corrected chi connectivity index (χ4v) is 6.42. The van der Waals surface area contributed by atoms with Crippen LogP contribution in [0.2, 0.25) is 0 Å². The van der Waals surface area contributed by atoms with Crippen molar-refractivity contribution in [2.75, 3.05) is 30.0 Å². The molecule has 5 rings (SSSR count). The number of amides is 1. The number of aromatic nitrogens is 6. The SMILES string of the molecule is CC(C(=O)Nc1ccc(S(=O)(=O)n2cncn2)cc1)n1c(=O)ccc2cnc(NC3CCN(S(C)(=O)=O)CC3)nc21. The number of hydrogen-bond donors (Lipinski definition) is 2. The molecule has 0 radical (unpaired) electrons. The van der Waals surface area contributed by atoms with Gasteiger partial charge in [-0.2, -0.15) is 13.4 Å². The second-order valence-corrected chi connectivity index (χ2v) is 13.3. The van der Waals surface area contributed by atoms with Gasteiger partial charge in [0, 0.05) is 42.5 Å². The minimum Gasteiger partial charge on any atom is -0.351 e. The van der Waals surface area contributed by atoms with Gasteiger partial charge in [0.2, 0.25) is 21.9 Å². The van der Waals surface area contributed by atoms with E-state index in [1.165, 1.54) is 45.5 Å². The van der Waals surface area contributed by atoms with Gasteiger partial charge in [-0.25, -0.2) is 22.7 Å². The van der Waals surface area contributed by atoms with Crippen molar-refractivity contribution in [2.24, 2.45) is 0 Å². The molecule has 15 nitrogen and oxygen atoms in total. The molecule has 1 aliphatic rings. The molecule has 3 aromatic heterocycles. The van der Waals surface area contributed by atoms with Gasteiger partial charge < -0.3 is 10.6 Å². The van der Waals surface area contributed by atoms with Crippen molar-refractivity contribution in [2.45, 2.75) is 36.7 Å². The molecule has 4 aromatic rings. The molecule has 0 saturated carbocycles. The van der Waals surface area contributed by atoms with Crippen molar-refractivity contribution in [1.29, 1.82) is 0 Å². The third kappa shape index (κ3) is 5.96. The lowest BCUT2D eigenvalue weighted by Gasteiger charge is -2.30. The van der Waals surface area contributed by atoms with Crippen LogP contribution in [0, 0.1) is 0 Å². The van der Waals surface area contributed by atoms with Crippen LogP contribution in [0.15, 0.2) is 64.9 Å². The first-order chi connectivity index (χ1) is 19.4. The lowest BCUT2D eigenvalue weighted by Crippen LogP contribution is -2.42. The van der Waals surface area contributed by atoms with Gasteiger partial charge in [-0.1, -0.05) is 0 Å². The molecule has 1 aliphatic heterocycles. The van der Waals surface area contributed by atoms with Gasteiger partial charge in [-0.3, -0.25) is 14.2 Å². The summed E-state index contributed by atoms with van der Waals surface area (Å²) >= 11 is 0. The Morgan fingerprint density at radius 1 is 1.05 bits per heavy atom. The minimum absolute atomic E-state index is 0.0435. The zero-order chi connectivity index (χ0) is 29.4. The average molecular weight is 602 g/mol. The highest BCUT2D eigenvalue weighted by molar-refractivity contribution is 7.89. The Bertz CT molecular complexity index is 1850. The Morgan fingerprint density at radius 3 is 2.39 bits per heavy atom. The molecule has 41 heavy (non-hydrogen) atoms. The molecule has 17 heteroatoms. The highest BCUT2D eigenvalue weighted by Gasteiger charge is 2.26. The lowest BCUT2D eigenvalue weighted by molar-refractivity contribution is -0.118. The molecule has 1 unspecified atom stereocenters. The van der Waals surface area contributed by atoms with Gasteiger partial charge >= 0.3 is 0 Å². The van der Waals surface area contributed by atoms with Gasteiger partial charge in [-0.05, 0) is 50.1 Å². The largest absolute Gasteiger partial charge is 0.351 e. The molecule has 4 heterocycles. The first-order valence-corrected chi connectivity index (χ1v) is 15.8. The fraction of sp³-hybridized carbons (Fsp3) is 0.333. The molecule has 2 N–H and O–H groups in total. The zero-order valence-corrected chi connectivity index (χ0v) is 23.7. The number of pyridine rings is 1. The summed E-state index contributed by atoms with van der Waals surface area (Å²) in [6.07, 6.45) is 6.04. The van der Waals surface area contributed by atoms with Crippen molar-refractivity contribution >= 4 is 48.6 Å². The summed E-state index contributed by atoms with van der Waals surface area (Å²) < 4.78 is 52.2. The van der Waals surface area contributed by atoms with Gasteiger partial charge in [0.05, 0.1) is 11.2 Å². The minimum atomic E-state index is -3.92. The molecule has 1 aromatic carbocycles. The first-order valence-electron chi connectivity index (χ1n) is 12.5. The van der Waals surface area contributed by atoms with Crippen molar-refractivity contribution < 1.29 is 21.6 Å². The number of nitrogens with one attached hydrogen (secondary N) is 2.